The first-order chi connectivity index (χ1) is 9.47. The fourth-order valence-corrected chi connectivity index (χ4v) is 1.92. The quantitative estimate of drug-likeness (QED) is 0.919. The molecule has 0 aliphatic carbocycles. The largest absolute Gasteiger partial charge is 0.488 e. The summed E-state index contributed by atoms with van der Waals surface area (Å²) in [7, 11) is 0. The highest BCUT2D eigenvalue weighted by molar-refractivity contribution is 5.38. The molecule has 4 heteroatoms. The third-order valence-electron chi connectivity index (χ3n) is 3.01. The van der Waals surface area contributed by atoms with Gasteiger partial charge in [0.05, 0.1) is 6.10 Å². The molecule has 2 rings (SSSR count). The summed E-state index contributed by atoms with van der Waals surface area (Å²) in [5, 5.41) is 9.71. The minimum atomic E-state index is -0.678. The lowest BCUT2D eigenvalue weighted by Crippen LogP contribution is -2.03. The molecule has 1 atom stereocenters. The first kappa shape index (κ1) is 14.5. The van der Waals surface area contributed by atoms with Gasteiger partial charge < -0.3 is 9.84 Å². The molecule has 0 bridgehead atoms. The zero-order valence-corrected chi connectivity index (χ0v) is 11.4. The fraction of sp³-hybridized carbons (Fsp3) is 0.250. The molecule has 2 nitrogen and oxygen atoms in total. The summed E-state index contributed by atoms with van der Waals surface area (Å²) in [5.41, 5.74) is 1.91. The molecule has 0 aliphatic rings. The Kier molecular flexibility index (Phi) is 4.35. The summed E-state index contributed by atoms with van der Waals surface area (Å²) in [5.74, 6) is -0.767. The van der Waals surface area contributed by atoms with E-state index in [2.05, 4.69) is 0 Å². The smallest absolute Gasteiger partial charge is 0.132 e. The van der Waals surface area contributed by atoms with Crippen molar-refractivity contribution in [1.29, 1.82) is 0 Å². The van der Waals surface area contributed by atoms with Gasteiger partial charge in [0.1, 0.15) is 24.0 Å². The maximum Gasteiger partial charge on any atom is 0.132 e. The Balaban J connectivity index is 2.18. The van der Waals surface area contributed by atoms with Crippen LogP contribution in [0.3, 0.4) is 0 Å². The van der Waals surface area contributed by atoms with E-state index in [1.165, 1.54) is 12.1 Å². The van der Waals surface area contributed by atoms with E-state index in [0.29, 0.717) is 11.3 Å². The van der Waals surface area contributed by atoms with E-state index < -0.39 is 17.7 Å². The Morgan fingerprint density at radius 1 is 1.15 bits per heavy atom. The Morgan fingerprint density at radius 2 is 1.90 bits per heavy atom. The van der Waals surface area contributed by atoms with Crippen LogP contribution in [-0.4, -0.2) is 5.11 Å². The maximum absolute atomic E-state index is 13.5. The molecule has 0 aromatic heterocycles. The zero-order valence-electron chi connectivity index (χ0n) is 11.4. The molecule has 20 heavy (non-hydrogen) atoms. The SMILES string of the molecule is Cc1ccc(OCc2ccc(F)cc2F)c(C(C)O)c1. The molecule has 0 saturated heterocycles. The lowest BCUT2D eigenvalue weighted by Gasteiger charge is -2.14. The highest BCUT2D eigenvalue weighted by Gasteiger charge is 2.11. The maximum atomic E-state index is 13.5. The van der Waals surface area contributed by atoms with Crippen molar-refractivity contribution in [1.82, 2.24) is 0 Å². The van der Waals surface area contributed by atoms with Crippen LogP contribution in [-0.2, 0) is 6.61 Å². The van der Waals surface area contributed by atoms with Crippen LogP contribution in [0.1, 0.15) is 29.7 Å². The average molecular weight is 278 g/mol. The normalized spacial score (nSPS) is 12.2. The van der Waals surface area contributed by atoms with Gasteiger partial charge in [-0.2, -0.15) is 0 Å². The monoisotopic (exact) mass is 278 g/mol. The molecule has 1 unspecified atom stereocenters. The molecule has 106 valence electrons. The molecule has 0 radical (unpaired) electrons. The highest BCUT2D eigenvalue weighted by atomic mass is 19.1. The van der Waals surface area contributed by atoms with Gasteiger partial charge in [0.15, 0.2) is 0 Å². The second-order valence-electron chi connectivity index (χ2n) is 4.74. The van der Waals surface area contributed by atoms with Gasteiger partial charge in [-0.3, -0.25) is 0 Å². The number of benzene rings is 2. The van der Waals surface area contributed by atoms with E-state index in [-0.39, 0.29) is 12.2 Å². The molecule has 2 aromatic rings. The second kappa shape index (κ2) is 6.01. The van der Waals surface area contributed by atoms with E-state index in [0.717, 1.165) is 11.6 Å². The molecule has 0 fully saturated rings. The van der Waals surface area contributed by atoms with Crippen molar-refractivity contribution in [3.63, 3.8) is 0 Å². The molecule has 0 saturated carbocycles. The number of hydrogen-bond donors (Lipinski definition) is 1. The summed E-state index contributed by atoms with van der Waals surface area (Å²) in [4.78, 5) is 0. The summed E-state index contributed by atoms with van der Waals surface area (Å²) in [6.45, 7) is 3.53. The van der Waals surface area contributed by atoms with Crippen molar-refractivity contribution < 1.29 is 18.6 Å². The fourth-order valence-electron chi connectivity index (χ4n) is 1.92. The van der Waals surface area contributed by atoms with Crippen molar-refractivity contribution in [2.45, 2.75) is 26.6 Å². The molecule has 2 aromatic carbocycles. The molecular formula is C16H16F2O2. The summed E-state index contributed by atoms with van der Waals surface area (Å²) in [6.07, 6.45) is -0.678. The van der Waals surface area contributed by atoms with Crippen LogP contribution in [0.4, 0.5) is 8.78 Å². The first-order valence-corrected chi connectivity index (χ1v) is 6.32. The number of aliphatic hydroxyl groups excluding tert-OH is 1. The number of aryl methyl sites for hydroxylation is 1. The van der Waals surface area contributed by atoms with Crippen molar-refractivity contribution in [2.24, 2.45) is 0 Å². The van der Waals surface area contributed by atoms with E-state index in [1.807, 2.05) is 19.1 Å². The number of halogens is 2. The lowest BCUT2D eigenvalue weighted by molar-refractivity contribution is 0.189. The Bertz CT molecular complexity index is 609. The molecule has 1 N–H and O–H groups in total. The Morgan fingerprint density at radius 3 is 2.55 bits per heavy atom. The third-order valence-corrected chi connectivity index (χ3v) is 3.01. The van der Waals surface area contributed by atoms with Gasteiger partial charge >= 0.3 is 0 Å². The van der Waals surface area contributed by atoms with Gasteiger partial charge in [-0.25, -0.2) is 8.78 Å². The van der Waals surface area contributed by atoms with Crippen LogP contribution in [0.5, 0.6) is 5.75 Å². The predicted octanol–water partition coefficient (Wildman–Crippen LogP) is 3.91. The Labute approximate surface area is 116 Å². The summed E-state index contributed by atoms with van der Waals surface area (Å²) in [6, 6.07) is 8.76. The Hall–Kier alpha value is -1.94. The molecule has 0 amide bonds. The van der Waals surface area contributed by atoms with Gasteiger partial charge in [-0.1, -0.05) is 11.6 Å². The lowest BCUT2D eigenvalue weighted by atomic mass is 10.1. The van der Waals surface area contributed by atoms with Gasteiger partial charge in [0.25, 0.3) is 0 Å². The van der Waals surface area contributed by atoms with Crippen LogP contribution in [0.25, 0.3) is 0 Å². The van der Waals surface area contributed by atoms with Gasteiger partial charge in [-0.05, 0) is 38.1 Å². The number of ether oxygens (including phenoxy) is 1. The van der Waals surface area contributed by atoms with E-state index in [4.69, 9.17) is 4.74 Å². The number of aliphatic hydroxyl groups is 1. The minimum Gasteiger partial charge on any atom is -0.488 e. The number of rotatable bonds is 4. The van der Waals surface area contributed by atoms with E-state index in [1.54, 1.807) is 13.0 Å². The van der Waals surface area contributed by atoms with E-state index in [9.17, 15) is 13.9 Å². The van der Waals surface area contributed by atoms with Crippen LogP contribution in [0.2, 0.25) is 0 Å². The molecular weight excluding hydrogens is 262 g/mol. The average Bonchev–Trinajstić information content (AvgIpc) is 2.38. The summed E-state index contributed by atoms with van der Waals surface area (Å²) >= 11 is 0. The first-order valence-electron chi connectivity index (χ1n) is 6.32. The number of hydrogen-bond acceptors (Lipinski definition) is 2. The van der Waals surface area contributed by atoms with Crippen LogP contribution >= 0.6 is 0 Å². The van der Waals surface area contributed by atoms with Crippen molar-refractivity contribution in [3.05, 3.63) is 64.7 Å². The zero-order chi connectivity index (χ0) is 14.7. The topological polar surface area (TPSA) is 29.5 Å². The second-order valence-corrected chi connectivity index (χ2v) is 4.74. The third kappa shape index (κ3) is 3.33. The van der Waals surface area contributed by atoms with Crippen molar-refractivity contribution >= 4 is 0 Å². The van der Waals surface area contributed by atoms with E-state index >= 15 is 0 Å². The molecule has 0 heterocycles. The van der Waals surface area contributed by atoms with Crippen LogP contribution < -0.4 is 4.74 Å². The van der Waals surface area contributed by atoms with Crippen molar-refractivity contribution in [2.75, 3.05) is 0 Å². The molecule has 0 aliphatic heterocycles. The van der Waals surface area contributed by atoms with Crippen molar-refractivity contribution in [3.8, 4) is 5.75 Å². The highest BCUT2D eigenvalue weighted by Crippen LogP contribution is 2.27. The van der Waals surface area contributed by atoms with Gasteiger partial charge in [0.2, 0.25) is 0 Å². The predicted molar refractivity (Wildman–Crippen MR) is 72.5 cm³/mol. The summed E-state index contributed by atoms with van der Waals surface area (Å²) < 4.78 is 31.9. The molecule has 0 spiro atoms. The minimum absolute atomic E-state index is 0.0190. The standard InChI is InChI=1S/C16H16F2O2/c1-10-3-6-16(14(7-10)11(2)19)20-9-12-4-5-13(17)8-15(12)18/h3-8,11,19H,9H2,1-2H3. The van der Waals surface area contributed by atoms with Crippen LogP contribution in [0, 0.1) is 18.6 Å². The van der Waals surface area contributed by atoms with Gasteiger partial charge in [-0.15, -0.1) is 0 Å². The van der Waals surface area contributed by atoms with Gasteiger partial charge in [0, 0.05) is 17.2 Å². The van der Waals surface area contributed by atoms with Crippen LogP contribution in [0.15, 0.2) is 36.4 Å².